The Labute approximate surface area is 148 Å². The molecule has 0 atom stereocenters. The van der Waals surface area contributed by atoms with Gasteiger partial charge in [0, 0.05) is 25.6 Å². The molecule has 0 bridgehead atoms. The van der Waals surface area contributed by atoms with Gasteiger partial charge in [-0.1, -0.05) is 31.0 Å². The number of hydrogen-bond acceptors (Lipinski definition) is 3. The zero-order chi connectivity index (χ0) is 17.4. The molecule has 2 amide bonds. The van der Waals surface area contributed by atoms with Gasteiger partial charge in [-0.15, -0.1) is 0 Å². The third-order valence-electron chi connectivity index (χ3n) is 4.16. The summed E-state index contributed by atoms with van der Waals surface area (Å²) in [6.45, 7) is 4.46. The van der Waals surface area contributed by atoms with Crippen LogP contribution in [0, 0.1) is 17.2 Å². The Balaban J connectivity index is 1.80. The van der Waals surface area contributed by atoms with Gasteiger partial charge in [-0.25, -0.2) is 4.79 Å². The van der Waals surface area contributed by atoms with Crippen molar-refractivity contribution in [1.29, 1.82) is 5.26 Å². The number of likely N-dealkylation sites (tertiary alicyclic amines) is 1. The Morgan fingerprint density at radius 3 is 2.83 bits per heavy atom. The molecule has 1 aromatic carbocycles. The average Bonchev–Trinajstić information content (AvgIpc) is 2.61. The van der Waals surface area contributed by atoms with Crippen LogP contribution in [-0.2, 0) is 6.54 Å². The van der Waals surface area contributed by atoms with Gasteiger partial charge in [-0.3, -0.25) is 0 Å². The zero-order valence-electron chi connectivity index (χ0n) is 14.1. The molecule has 1 aliphatic heterocycles. The lowest BCUT2D eigenvalue weighted by Gasteiger charge is -2.29. The molecule has 0 radical (unpaired) electrons. The van der Waals surface area contributed by atoms with Crippen molar-refractivity contribution < 1.29 is 9.53 Å². The Hall–Kier alpha value is -1.93. The van der Waals surface area contributed by atoms with Crippen LogP contribution in [0.15, 0.2) is 18.2 Å². The first-order chi connectivity index (χ1) is 11.6. The second kappa shape index (κ2) is 9.39. The van der Waals surface area contributed by atoms with Crippen LogP contribution in [0.25, 0.3) is 0 Å². The Bertz CT molecular complexity index is 592. The van der Waals surface area contributed by atoms with Crippen molar-refractivity contribution in [2.45, 2.75) is 39.2 Å². The van der Waals surface area contributed by atoms with Crippen molar-refractivity contribution in [3.63, 3.8) is 0 Å². The lowest BCUT2D eigenvalue weighted by Crippen LogP contribution is -2.44. The minimum Gasteiger partial charge on any atom is -0.492 e. The van der Waals surface area contributed by atoms with Crippen LogP contribution in [0.2, 0.25) is 5.02 Å². The first-order valence-electron chi connectivity index (χ1n) is 8.47. The van der Waals surface area contributed by atoms with Gasteiger partial charge in [0.05, 0.1) is 17.7 Å². The average molecular weight is 350 g/mol. The third-order valence-corrected chi connectivity index (χ3v) is 4.46. The molecule has 1 heterocycles. The van der Waals surface area contributed by atoms with Gasteiger partial charge in [0.2, 0.25) is 0 Å². The number of carbonyl (C=O) groups is 1. The summed E-state index contributed by atoms with van der Waals surface area (Å²) < 4.78 is 5.62. The number of carbonyl (C=O) groups excluding carboxylic acids is 1. The number of rotatable bonds is 6. The highest BCUT2D eigenvalue weighted by Crippen LogP contribution is 2.25. The molecule has 1 aromatic rings. The first kappa shape index (κ1) is 18.4. The highest BCUT2D eigenvalue weighted by molar-refractivity contribution is 6.32. The monoisotopic (exact) mass is 349 g/mol. The molecule has 0 spiro atoms. The number of urea groups is 1. The molecule has 24 heavy (non-hydrogen) atoms. The van der Waals surface area contributed by atoms with E-state index >= 15 is 0 Å². The van der Waals surface area contributed by atoms with Crippen molar-refractivity contribution in [1.82, 2.24) is 10.2 Å². The number of unbranched alkanes of at least 4 members (excludes halogenated alkanes) is 1. The standard InChI is InChI=1S/C18H24ClN3O2/c1-2-3-10-24-17-5-4-15(11-16(17)19)13-21-18(23)22-8-6-14(12-20)7-9-22/h4-5,11,14H,2-3,6-10,13H2,1H3,(H,21,23). The number of benzene rings is 1. The summed E-state index contributed by atoms with van der Waals surface area (Å²) in [6, 6.07) is 7.76. The van der Waals surface area contributed by atoms with Crippen molar-refractivity contribution in [2.75, 3.05) is 19.7 Å². The van der Waals surface area contributed by atoms with Crippen molar-refractivity contribution in [2.24, 2.45) is 5.92 Å². The molecular formula is C18H24ClN3O2. The van der Waals surface area contributed by atoms with E-state index in [2.05, 4.69) is 18.3 Å². The van der Waals surface area contributed by atoms with Crippen LogP contribution in [0.5, 0.6) is 5.75 Å². The molecule has 0 aliphatic carbocycles. The number of amides is 2. The van der Waals surface area contributed by atoms with Crippen LogP contribution in [-0.4, -0.2) is 30.6 Å². The fraction of sp³-hybridized carbons (Fsp3) is 0.556. The van der Waals surface area contributed by atoms with E-state index in [1.165, 1.54) is 0 Å². The smallest absolute Gasteiger partial charge is 0.317 e. The maximum Gasteiger partial charge on any atom is 0.317 e. The predicted octanol–water partition coefficient (Wildman–Crippen LogP) is 3.96. The third kappa shape index (κ3) is 5.31. The van der Waals surface area contributed by atoms with E-state index < -0.39 is 0 Å². The summed E-state index contributed by atoms with van der Waals surface area (Å²) in [5.74, 6) is 0.756. The summed E-state index contributed by atoms with van der Waals surface area (Å²) in [5.41, 5.74) is 0.933. The minimum atomic E-state index is -0.0919. The Morgan fingerprint density at radius 1 is 1.46 bits per heavy atom. The van der Waals surface area contributed by atoms with E-state index in [0.717, 1.165) is 31.2 Å². The summed E-state index contributed by atoms with van der Waals surface area (Å²) >= 11 is 6.23. The molecule has 1 N–H and O–H groups in total. The summed E-state index contributed by atoms with van der Waals surface area (Å²) in [6.07, 6.45) is 3.57. The van der Waals surface area contributed by atoms with Crippen LogP contribution in [0.1, 0.15) is 38.2 Å². The van der Waals surface area contributed by atoms with Gasteiger partial charge in [0.15, 0.2) is 0 Å². The zero-order valence-corrected chi connectivity index (χ0v) is 14.8. The van der Waals surface area contributed by atoms with E-state index in [9.17, 15) is 4.79 Å². The quantitative estimate of drug-likeness (QED) is 0.790. The van der Waals surface area contributed by atoms with Crippen LogP contribution >= 0.6 is 11.6 Å². The number of hydrogen-bond donors (Lipinski definition) is 1. The molecule has 1 saturated heterocycles. The Morgan fingerprint density at radius 2 is 2.21 bits per heavy atom. The molecule has 0 aromatic heterocycles. The van der Waals surface area contributed by atoms with E-state index in [0.29, 0.717) is 37.0 Å². The molecule has 1 aliphatic rings. The molecule has 0 unspecified atom stereocenters. The lowest BCUT2D eigenvalue weighted by atomic mass is 9.99. The van der Waals surface area contributed by atoms with E-state index in [1.54, 1.807) is 4.90 Å². The highest BCUT2D eigenvalue weighted by Gasteiger charge is 2.22. The van der Waals surface area contributed by atoms with E-state index in [1.807, 2.05) is 18.2 Å². The second-order valence-electron chi connectivity index (χ2n) is 6.02. The maximum absolute atomic E-state index is 12.2. The normalized spacial score (nSPS) is 15.0. The molecule has 1 fully saturated rings. The molecule has 6 heteroatoms. The Kier molecular flexibility index (Phi) is 7.20. The van der Waals surface area contributed by atoms with Gasteiger partial charge < -0.3 is 15.0 Å². The summed E-state index contributed by atoms with van der Waals surface area (Å²) in [5, 5.41) is 12.4. The lowest BCUT2D eigenvalue weighted by molar-refractivity contribution is 0.178. The number of nitrogens with one attached hydrogen (secondary N) is 1. The van der Waals surface area contributed by atoms with Gasteiger partial charge in [0.1, 0.15) is 5.75 Å². The molecule has 130 valence electrons. The summed E-state index contributed by atoms with van der Waals surface area (Å²) in [7, 11) is 0. The number of nitriles is 1. The van der Waals surface area contributed by atoms with Crippen molar-refractivity contribution >= 4 is 17.6 Å². The number of halogens is 1. The largest absolute Gasteiger partial charge is 0.492 e. The summed E-state index contributed by atoms with van der Waals surface area (Å²) in [4.78, 5) is 13.9. The number of nitrogens with zero attached hydrogens (tertiary/aromatic N) is 2. The SMILES string of the molecule is CCCCOc1ccc(CNC(=O)N2CCC(C#N)CC2)cc1Cl. The minimum absolute atomic E-state index is 0.0770. The van der Waals surface area contributed by atoms with Gasteiger partial charge in [-0.2, -0.15) is 5.26 Å². The van der Waals surface area contributed by atoms with Gasteiger partial charge in [-0.05, 0) is 37.0 Å². The topological polar surface area (TPSA) is 65.4 Å². The van der Waals surface area contributed by atoms with Crippen LogP contribution in [0.4, 0.5) is 4.79 Å². The molecule has 5 nitrogen and oxygen atoms in total. The van der Waals surface area contributed by atoms with Crippen LogP contribution in [0.3, 0.4) is 0 Å². The van der Waals surface area contributed by atoms with Gasteiger partial charge >= 0.3 is 6.03 Å². The number of piperidine rings is 1. The number of ether oxygens (including phenoxy) is 1. The fourth-order valence-corrected chi connectivity index (χ4v) is 2.86. The van der Waals surface area contributed by atoms with E-state index in [4.69, 9.17) is 21.6 Å². The second-order valence-corrected chi connectivity index (χ2v) is 6.42. The van der Waals surface area contributed by atoms with Crippen molar-refractivity contribution in [3.05, 3.63) is 28.8 Å². The maximum atomic E-state index is 12.2. The highest BCUT2D eigenvalue weighted by atomic mass is 35.5. The first-order valence-corrected chi connectivity index (χ1v) is 8.85. The molecular weight excluding hydrogens is 326 g/mol. The van der Waals surface area contributed by atoms with Crippen molar-refractivity contribution in [3.8, 4) is 11.8 Å². The van der Waals surface area contributed by atoms with Crippen LogP contribution < -0.4 is 10.1 Å². The van der Waals surface area contributed by atoms with E-state index in [-0.39, 0.29) is 11.9 Å². The molecule has 0 saturated carbocycles. The predicted molar refractivity (Wildman–Crippen MR) is 94.0 cm³/mol. The fourth-order valence-electron chi connectivity index (χ4n) is 2.60. The molecule has 2 rings (SSSR count). The van der Waals surface area contributed by atoms with Gasteiger partial charge in [0.25, 0.3) is 0 Å².